The molecular weight excluding hydrogens is 664 g/mol. The van der Waals surface area contributed by atoms with Crippen LogP contribution in [0.5, 0.6) is 11.5 Å². The molecular formula is C37H33ClN4O6S. The minimum Gasteiger partial charge on any atom is -0.497 e. The lowest BCUT2D eigenvalue weighted by atomic mass is 10.1. The summed E-state index contributed by atoms with van der Waals surface area (Å²) in [6.07, 6.45) is 1.48. The number of sulfonamides is 1. The van der Waals surface area contributed by atoms with Gasteiger partial charge >= 0.3 is 0 Å². The zero-order valence-electron chi connectivity index (χ0n) is 26.7. The molecule has 0 spiro atoms. The van der Waals surface area contributed by atoms with Crippen molar-refractivity contribution in [3.8, 4) is 11.5 Å². The molecule has 0 aliphatic rings. The molecule has 0 aliphatic heterocycles. The molecule has 12 heteroatoms. The second-order valence-corrected chi connectivity index (χ2v) is 13.1. The molecule has 250 valence electrons. The Hall–Kier alpha value is -5.65. The van der Waals surface area contributed by atoms with E-state index >= 15 is 0 Å². The maximum absolute atomic E-state index is 13.7. The van der Waals surface area contributed by atoms with Gasteiger partial charge in [0.25, 0.3) is 21.8 Å². The summed E-state index contributed by atoms with van der Waals surface area (Å²) < 4.78 is 39.5. The first-order valence-electron chi connectivity index (χ1n) is 15.1. The van der Waals surface area contributed by atoms with E-state index < -0.39 is 15.9 Å². The van der Waals surface area contributed by atoms with E-state index in [9.17, 15) is 18.0 Å². The van der Waals surface area contributed by atoms with Gasteiger partial charge in [-0.3, -0.25) is 13.9 Å². The Morgan fingerprint density at radius 2 is 1.53 bits per heavy atom. The number of methoxy groups -OCH3 is 1. The van der Waals surface area contributed by atoms with Crippen molar-refractivity contribution in [1.29, 1.82) is 0 Å². The molecule has 0 radical (unpaired) electrons. The summed E-state index contributed by atoms with van der Waals surface area (Å²) in [7, 11) is -2.36. The number of halogens is 1. The van der Waals surface area contributed by atoms with Crippen LogP contribution in [-0.2, 0) is 21.4 Å². The van der Waals surface area contributed by atoms with Gasteiger partial charge in [-0.05, 0) is 109 Å². The van der Waals surface area contributed by atoms with Gasteiger partial charge in [0.1, 0.15) is 11.5 Å². The molecule has 0 saturated carbocycles. The maximum Gasteiger partial charge on any atom is 0.271 e. The van der Waals surface area contributed by atoms with E-state index in [0.29, 0.717) is 44.6 Å². The summed E-state index contributed by atoms with van der Waals surface area (Å²) in [6, 6.07) is 33.7. The van der Waals surface area contributed by atoms with Gasteiger partial charge in [0.05, 0.1) is 30.5 Å². The average molecular weight is 697 g/mol. The fraction of sp³-hybridized carbons (Fsp3) is 0.108. The average Bonchev–Trinajstić information content (AvgIpc) is 3.12. The monoisotopic (exact) mass is 696 g/mol. The molecule has 5 rings (SSSR count). The first-order valence-corrected chi connectivity index (χ1v) is 16.9. The van der Waals surface area contributed by atoms with Crippen molar-refractivity contribution in [2.45, 2.75) is 18.4 Å². The number of nitrogens with zero attached hydrogens (tertiary/aromatic N) is 2. The minimum atomic E-state index is -3.93. The molecule has 0 unspecified atom stereocenters. The van der Waals surface area contributed by atoms with Gasteiger partial charge in [-0.1, -0.05) is 48.0 Å². The normalized spacial score (nSPS) is 11.2. The van der Waals surface area contributed by atoms with Crippen molar-refractivity contribution < 1.29 is 27.5 Å². The SMILES string of the molecule is COc1ccc(NC(=O)COc2ccc(/C=N\NC(=O)c3ccc(CN(c4cc(Cl)ccc4C)S(=O)(=O)c4ccccc4)cc3)cc2)cc1. The maximum atomic E-state index is 13.7. The van der Waals surface area contributed by atoms with Gasteiger partial charge in [0.15, 0.2) is 6.61 Å². The van der Waals surface area contributed by atoms with Crippen molar-refractivity contribution in [3.63, 3.8) is 0 Å². The summed E-state index contributed by atoms with van der Waals surface area (Å²) in [4.78, 5) is 25.1. The zero-order chi connectivity index (χ0) is 34.8. The molecule has 5 aromatic rings. The van der Waals surface area contributed by atoms with E-state index in [1.807, 2.05) is 6.92 Å². The number of hydrogen-bond donors (Lipinski definition) is 2. The number of aryl methyl sites for hydroxylation is 1. The van der Waals surface area contributed by atoms with Crippen LogP contribution in [0.4, 0.5) is 11.4 Å². The van der Waals surface area contributed by atoms with Crippen molar-refractivity contribution in [3.05, 3.63) is 149 Å². The van der Waals surface area contributed by atoms with Gasteiger partial charge in [0, 0.05) is 16.3 Å². The number of anilines is 2. The van der Waals surface area contributed by atoms with E-state index in [1.165, 1.54) is 10.5 Å². The lowest BCUT2D eigenvalue weighted by Crippen LogP contribution is -2.31. The molecule has 0 saturated heterocycles. The van der Waals surface area contributed by atoms with Crippen LogP contribution in [0, 0.1) is 6.92 Å². The fourth-order valence-corrected chi connectivity index (χ4v) is 6.39. The molecule has 0 bridgehead atoms. The van der Waals surface area contributed by atoms with Crippen LogP contribution in [0.3, 0.4) is 0 Å². The van der Waals surface area contributed by atoms with Gasteiger partial charge in [-0.15, -0.1) is 0 Å². The van der Waals surface area contributed by atoms with E-state index in [4.69, 9.17) is 21.1 Å². The molecule has 2 amide bonds. The van der Waals surface area contributed by atoms with Gasteiger partial charge in [0.2, 0.25) is 0 Å². The smallest absolute Gasteiger partial charge is 0.271 e. The van der Waals surface area contributed by atoms with Crippen LogP contribution in [0.1, 0.15) is 27.0 Å². The van der Waals surface area contributed by atoms with Crippen molar-refractivity contribution >= 4 is 51.0 Å². The quantitative estimate of drug-likeness (QED) is 0.103. The predicted octanol–water partition coefficient (Wildman–Crippen LogP) is 6.83. The summed E-state index contributed by atoms with van der Waals surface area (Å²) in [6.45, 7) is 1.67. The summed E-state index contributed by atoms with van der Waals surface area (Å²) in [5.41, 5.74) is 6.03. The molecule has 2 N–H and O–H groups in total. The number of nitrogens with one attached hydrogen (secondary N) is 2. The highest BCUT2D eigenvalue weighted by Gasteiger charge is 2.26. The molecule has 0 aliphatic carbocycles. The largest absolute Gasteiger partial charge is 0.497 e. The van der Waals surface area contributed by atoms with Crippen LogP contribution >= 0.6 is 11.6 Å². The van der Waals surface area contributed by atoms with E-state index in [1.54, 1.807) is 128 Å². The second-order valence-electron chi connectivity index (χ2n) is 10.8. The number of hydrogen-bond acceptors (Lipinski definition) is 7. The first-order chi connectivity index (χ1) is 23.6. The Bertz CT molecular complexity index is 2040. The van der Waals surface area contributed by atoms with E-state index in [-0.39, 0.29) is 24.0 Å². The Morgan fingerprint density at radius 3 is 2.20 bits per heavy atom. The van der Waals surface area contributed by atoms with Crippen LogP contribution in [0.25, 0.3) is 0 Å². The predicted molar refractivity (Wildman–Crippen MR) is 191 cm³/mol. The highest BCUT2D eigenvalue weighted by atomic mass is 35.5. The number of carbonyl (C=O) groups is 2. The summed E-state index contributed by atoms with van der Waals surface area (Å²) >= 11 is 6.26. The Labute approximate surface area is 290 Å². The fourth-order valence-electron chi connectivity index (χ4n) is 4.70. The number of amides is 2. The van der Waals surface area contributed by atoms with Gasteiger partial charge in [-0.25, -0.2) is 13.8 Å². The summed E-state index contributed by atoms with van der Waals surface area (Å²) in [5.74, 6) is 0.435. The minimum absolute atomic E-state index is 0.0194. The number of ether oxygens (including phenoxy) is 2. The lowest BCUT2D eigenvalue weighted by molar-refractivity contribution is -0.118. The molecule has 5 aromatic carbocycles. The molecule has 49 heavy (non-hydrogen) atoms. The van der Waals surface area contributed by atoms with E-state index in [2.05, 4.69) is 15.8 Å². The van der Waals surface area contributed by atoms with Crippen LogP contribution < -0.4 is 24.5 Å². The van der Waals surface area contributed by atoms with Crippen molar-refractivity contribution in [1.82, 2.24) is 5.43 Å². The summed E-state index contributed by atoms with van der Waals surface area (Å²) in [5, 5.41) is 7.20. The number of rotatable bonds is 13. The third-order valence-corrected chi connectivity index (χ3v) is 9.33. The first kappa shape index (κ1) is 34.7. The molecule has 0 heterocycles. The third kappa shape index (κ3) is 9.25. The standard InChI is InChI=1S/C37H33ClN4O6S/c1-26-8-15-30(38)22-35(26)42(49(45,46)34-6-4-3-5-7-34)24-28-9-13-29(14-10-28)37(44)41-39-23-27-11-18-33(19-12-27)48-25-36(43)40-31-16-20-32(47-2)21-17-31/h3-23H,24-25H2,1-2H3,(H,40,43)(H,41,44)/b39-23-. The molecule has 0 aromatic heterocycles. The van der Waals surface area contributed by atoms with Crippen LogP contribution in [0.15, 0.2) is 131 Å². The second kappa shape index (κ2) is 16.0. The van der Waals surface area contributed by atoms with Crippen molar-refractivity contribution in [2.24, 2.45) is 5.10 Å². The van der Waals surface area contributed by atoms with Crippen molar-refractivity contribution in [2.75, 3.05) is 23.3 Å². The number of benzene rings is 5. The van der Waals surface area contributed by atoms with Crippen LogP contribution in [-0.4, -0.2) is 40.2 Å². The highest BCUT2D eigenvalue weighted by molar-refractivity contribution is 7.92. The zero-order valence-corrected chi connectivity index (χ0v) is 28.2. The molecule has 0 atom stereocenters. The number of carbonyl (C=O) groups excluding carboxylic acids is 2. The third-order valence-electron chi connectivity index (χ3n) is 7.32. The topological polar surface area (TPSA) is 126 Å². The van der Waals surface area contributed by atoms with Gasteiger partial charge in [-0.2, -0.15) is 5.10 Å². The molecule has 0 fully saturated rings. The lowest BCUT2D eigenvalue weighted by Gasteiger charge is -2.26. The van der Waals surface area contributed by atoms with Gasteiger partial charge < -0.3 is 14.8 Å². The Kier molecular flexibility index (Phi) is 11.3. The highest BCUT2D eigenvalue weighted by Crippen LogP contribution is 2.31. The Morgan fingerprint density at radius 1 is 0.857 bits per heavy atom. The molecule has 10 nitrogen and oxygen atoms in total. The van der Waals surface area contributed by atoms with E-state index in [0.717, 1.165) is 5.56 Å². The Balaban J connectivity index is 1.16. The number of hydrazone groups is 1. The van der Waals surface area contributed by atoms with Crippen LogP contribution in [0.2, 0.25) is 5.02 Å².